The predicted molar refractivity (Wildman–Crippen MR) is 86.3 cm³/mol. The van der Waals surface area contributed by atoms with Crippen LogP contribution in [0.15, 0.2) is 24.3 Å². The Bertz CT molecular complexity index is 467. The number of benzene rings is 1. The van der Waals surface area contributed by atoms with Crippen LogP contribution in [0.5, 0.6) is 5.75 Å². The Morgan fingerprint density at radius 2 is 2.14 bits per heavy atom. The maximum absolute atomic E-state index is 11.9. The minimum Gasteiger partial charge on any atom is -0.492 e. The molecule has 1 saturated heterocycles. The van der Waals surface area contributed by atoms with Crippen LogP contribution in [0.1, 0.15) is 19.3 Å². The monoisotopic (exact) mass is 326 g/mol. The van der Waals surface area contributed by atoms with Crippen LogP contribution in [-0.4, -0.2) is 54.8 Å². The number of ether oxygens (including phenoxy) is 1. The average Bonchev–Trinajstić information content (AvgIpc) is 2.54. The largest absolute Gasteiger partial charge is 0.492 e. The Labute approximate surface area is 136 Å². The number of piperidine rings is 1. The van der Waals surface area contributed by atoms with Crippen LogP contribution in [0.3, 0.4) is 0 Å². The van der Waals surface area contributed by atoms with E-state index in [1.807, 2.05) is 0 Å². The molecule has 0 spiro atoms. The smallest absolute Gasteiger partial charge is 0.234 e. The van der Waals surface area contributed by atoms with Gasteiger partial charge in [-0.05, 0) is 43.7 Å². The van der Waals surface area contributed by atoms with Gasteiger partial charge < -0.3 is 15.2 Å². The minimum atomic E-state index is -0.0277. The number of hydrogen-bond donors (Lipinski definition) is 2. The molecule has 0 aliphatic carbocycles. The number of rotatable bonds is 7. The topological polar surface area (TPSA) is 61.8 Å². The molecule has 6 heteroatoms. The first kappa shape index (κ1) is 17.1. The van der Waals surface area contributed by atoms with E-state index >= 15 is 0 Å². The fourth-order valence-corrected chi connectivity index (χ4v) is 2.73. The number of amides is 1. The van der Waals surface area contributed by atoms with Crippen molar-refractivity contribution in [1.82, 2.24) is 10.2 Å². The molecule has 1 aliphatic rings. The van der Waals surface area contributed by atoms with E-state index in [1.54, 1.807) is 24.3 Å². The molecule has 22 heavy (non-hydrogen) atoms. The number of likely N-dealkylation sites (tertiary alicyclic amines) is 1. The predicted octanol–water partition coefficient (Wildman–Crippen LogP) is 1.68. The van der Waals surface area contributed by atoms with E-state index in [-0.39, 0.29) is 18.6 Å². The maximum Gasteiger partial charge on any atom is 0.234 e. The first-order valence-electron chi connectivity index (χ1n) is 7.69. The van der Waals surface area contributed by atoms with E-state index in [4.69, 9.17) is 16.3 Å². The van der Waals surface area contributed by atoms with Crippen LogP contribution in [0.25, 0.3) is 0 Å². The van der Waals surface area contributed by atoms with Crippen LogP contribution >= 0.6 is 11.6 Å². The summed E-state index contributed by atoms with van der Waals surface area (Å²) in [6.45, 7) is 2.20. The average molecular weight is 327 g/mol. The number of halogens is 1. The third-order valence-electron chi connectivity index (χ3n) is 3.81. The number of aliphatic hydroxyl groups excluding tert-OH is 1. The van der Waals surface area contributed by atoms with Crippen molar-refractivity contribution in [3.63, 3.8) is 0 Å². The van der Waals surface area contributed by atoms with Crippen molar-refractivity contribution < 1.29 is 14.6 Å². The highest BCUT2D eigenvalue weighted by Crippen LogP contribution is 2.16. The molecule has 2 rings (SSSR count). The molecule has 122 valence electrons. The summed E-state index contributed by atoms with van der Waals surface area (Å²) in [5, 5.41) is 12.8. The van der Waals surface area contributed by atoms with Gasteiger partial charge in [0.2, 0.25) is 5.91 Å². The van der Waals surface area contributed by atoms with Gasteiger partial charge in [0.15, 0.2) is 0 Å². The molecular weight excluding hydrogens is 304 g/mol. The van der Waals surface area contributed by atoms with E-state index in [1.165, 1.54) is 0 Å². The van der Waals surface area contributed by atoms with Gasteiger partial charge in [0.1, 0.15) is 12.4 Å². The number of aliphatic hydroxyl groups is 1. The number of carbonyl (C=O) groups is 1. The summed E-state index contributed by atoms with van der Waals surface area (Å²) in [4.78, 5) is 14.0. The second kappa shape index (κ2) is 8.98. The molecule has 1 aromatic rings. The van der Waals surface area contributed by atoms with E-state index in [2.05, 4.69) is 10.2 Å². The molecule has 0 bridgehead atoms. The van der Waals surface area contributed by atoms with Crippen LogP contribution in [0.2, 0.25) is 5.02 Å². The third kappa shape index (κ3) is 5.48. The second-order valence-electron chi connectivity index (χ2n) is 5.45. The molecule has 1 heterocycles. The molecular formula is C16H23ClN2O3. The first-order chi connectivity index (χ1) is 10.7. The zero-order chi connectivity index (χ0) is 15.8. The summed E-state index contributed by atoms with van der Waals surface area (Å²) in [6, 6.07) is 7.24. The van der Waals surface area contributed by atoms with Crippen molar-refractivity contribution in [3.8, 4) is 5.75 Å². The van der Waals surface area contributed by atoms with Gasteiger partial charge in [-0.25, -0.2) is 0 Å². The van der Waals surface area contributed by atoms with Gasteiger partial charge in [0.25, 0.3) is 0 Å². The van der Waals surface area contributed by atoms with Crippen molar-refractivity contribution in [2.45, 2.75) is 25.3 Å². The summed E-state index contributed by atoms with van der Waals surface area (Å²) in [5.74, 6) is 0.704. The fraction of sp³-hybridized carbons (Fsp3) is 0.562. The molecule has 1 amide bonds. The van der Waals surface area contributed by atoms with Gasteiger partial charge in [0.05, 0.1) is 19.7 Å². The number of nitrogens with one attached hydrogen (secondary N) is 1. The van der Waals surface area contributed by atoms with Gasteiger partial charge in [-0.1, -0.05) is 18.0 Å². The molecule has 1 atom stereocenters. The molecule has 1 aliphatic heterocycles. The van der Waals surface area contributed by atoms with E-state index < -0.39 is 0 Å². The van der Waals surface area contributed by atoms with Gasteiger partial charge in [-0.3, -0.25) is 9.69 Å². The standard InChI is InChI=1S/C16H23ClN2O3/c17-13-4-6-15(7-5-13)22-10-8-18-16(21)11-19-9-2-1-3-14(19)12-20/h4-7,14,20H,1-3,8-12H2,(H,18,21)/t14-/m1/s1. The van der Waals surface area contributed by atoms with E-state index in [9.17, 15) is 9.90 Å². The Balaban J connectivity index is 1.64. The number of nitrogens with zero attached hydrogens (tertiary/aromatic N) is 1. The van der Waals surface area contributed by atoms with Crippen molar-refractivity contribution in [1.29, 1.82) is 0 Å². The molecule has 5 nitrogen and oxygen atoms in total. The second-order valence-corrected chi connectivity index (χ2v) is 5.89. The lowest BCUT2D eigenvalue weighted by Crippen LogP contribution is -2.47. The van der Waals surface area contributed by atoms with E-state index in [0.29, 0.717) is 24.7 Å². The zero-order valence-corrected chi connectivity index (χ0v) is 13.4. The van der Waals surface area contributed by atoms with Gasteiger partial charge >= 0.3 is 0 Å². The Morgan fingerprint density at radius 1 is 1.36 bits per heavy atom. The molecule has 0 unspecified atom stereocenters. The number of hydrogen-bond acceptors (Lipinski definition) is 4. The fourth-order valence-electron chi connectivity index (χ4n) is 2.61. The van der Waals surface area contributed by atoms with Crippen LogP contribution < -0.4 is 10.1 Å². The quantitative estimate of drug-likeness (QED) is 0.748. The molecule has 0 saturated carbocycles. The highest BCUT2D eigenvalue weighted by atomic mass is 35.5. The summed E-state index contributed by atoms with van der Waals surface area (Å²) in [5.41, 5.74) is 0. The summed E-state index contributed by atoms with van der Waals surface area (Å²) in [6.07, 6.45) is 3.17. The summed E-state index contributed by atoms with van der Waals surface area (Å²) >= 11 is 5.80. The summed E-state index contributed by atoms with van der Waals surface area (Å²) in [7, 11) is 0. The lowest BCUT2D eigenvalue weighted by molar-refractivity contribution is -0.123. The molecule has 2 N–H and O–H groups in total. The molecule has 1 fully saturated rings. The van der Waals surface area contributed by atoms with Gasteiger partial charge in [0, 0.05) is 11.1 Å². The highest BCUT2D eigenvalue weighted by molar-refractivity contribution is 6.30. The van der Waals surface area contributed by atoms with Gasteiger partial charge in [-0.15, -0.1) is 0 Å². The zero-order valence-electron chi connectivity index (χ0n) is 12.6. The Morgan fingerprint density at radius 3 is 2.86 bits per heavy atom. The SMILES string of the molecule is O=C(CN1CCCC[C@@H]1CO)NCCOc1ccc(Cl)cc1. The van der Waals surface area contributed by atoms with E-state index in [0.717, 1.165) is 31.6 Å². The number of carbonyl (C=O) groups excluding carboxylic acids is 1. The minimum absolute atomic E-state index is 0.0277. The lowest BCUT2D eigenvalue weighted by atomic mass is 10.0. The molecule has 0 radical (unpaired) electrons. The third-order valence-corrected chi connectivity index (χ3v) is 4.07. The van der Waals surface area contributed by atoms with Crippen LogP contribution in [-0.2, 0) is 4.79 Å². The Hall–Kier alpha value is -1.30. The van der Waals surface area contributed by atoms with Crippen molar-refractivity contribution in [3.05, 3.63) is 29.3 Å². The Kier molecular flexibility index (Phi) is 6.96. The normalized spacial score (nSPS) is 18.9. The highest BCUT2D eigenvalue weighted by Gasteiger charge is 2.23. The van der Waals surface area contributed by atoms with Crippen LogP contribution in [0.4, 0.5) is 0 Å². The molecule has 0 aromatic heterocycles. The van der Waals surface area contributed by atoms with Crippen molar-refractivity contribution >= 4 is 17.5 Å². The van der Waals surface area contributed by atoms with Gasteiger partial charge in [-0.2, -0.15) is 0 Å². The van der Waals surface area contributed by atoms with Crippen LogP contribution in [0, 0.1) is 0 Å². The van der Waals surface area contributed by atoms with Crippen molar-refractivity contribution in [2.75, 3.05) is 32.8 Å². The van der Waals surface area contributed by atoms with Crippen molar-refractivity contribution in [2.24, 2.45) is 0 Å². The summed E-state index contributed by atoms with van der Waals surface area (Å²) < 4.78 is 5.52. The molecule has 1 aromatic carbocycles. The first-order valence-corrected chi connectivity index (χ1v) is 8.07. The maximum atomic E-state index is 11.9. The lowest BCUT2D eigenvalue weighted by Gasteiger charge is -2.33.